The highest BCUT2D eigenvalue weighted by molar-refractivity contribution is 5.48. The lowest BCUT2D eigenvalue weighted by Gasteiger charge is -2.31. The zero-order valence-electron chi connectivity index (χ0n) is 13.8. The maximum Gasteiger partial charge on any atom is 0.131 e. The lowest BCUT2D eigenvalue weighted by Crippen LogP contribution is -2.38. The Morgan fingerprint density at radius 3 is 2.67 bits per heavy atom. The second-order valence-electron chi connectivity index (χ2n) is 6.43. The summed E-state index contributed by atoms with van der Waals surface area (Å²) in [7, 11) is 1.76. The normalized spacial score (nSPS) is 17.6. The minimum Gasteiger partial charge on any atom is -0.383 e. The molecule has 1 aliphatic carbocycles. The van der Waals surface area contributed by atoms with Gasteiger partial charge in [-0.15, -0.1) is 0 Å². The number of nitrogens with zero attached hydrogens (tertiary/aromatic N) is 2. The zero-order chi connectivity index (χ0) is 15.4. The van der Waals surface area contributed by atoms with Gasteiger partial charge in [-0.05, 0) is 57.1 Å². The van der Waals surface area contributed by atoms with Gasteiger partial charge < -0.3 is 15.4 Å². The predicted molar refractivity (Wildman–Crippen MR) is 87.7 cm³/mol. The fraction of sp³-hybridized carbons (Fsp3) is 0.706. The van der Waals surface area contributed by atoms with Crippen LogP contribution < -0.4 is 10.6 Å². The Kier molecular flexibility index (Phi) is 5.59. The summed E-state index contributed by atoms with van der Waals surface area (Å²) in [5, 5.41) is 0. The van der Waals surface area contributed by atoms with Gasteiger partial charge in [-0.3, -0.25) is 0 Å². The number of methoxy groups -OCH3 is 1. The summed E-state index contributed by atoms with van der Waals surface area (Å²) in [6, 6.07) is 2.93. The van der Waals surface area contributed by atoms with Crippen molar-refractivity contribution in [1.29, 1.82) is 0 Å². The number of nitrogens with two attached hydrogens (primary N) is 1. The van der Waals surface area contributed by atoms with Crippen molar-refractivity contribution in [2.45, 2.75) is 52.1 Å². The summed E-state index contributed by atoms with van der Waals surface area (Å²) in [4.78, 5) is 7.14. The molecule has 2 atom stereocenters. The summed E-state index contributed by atoms with van der Waals surface area (Å²) in [5.74, 6) is 1.91. The van der Waals surface area contributed by atoms with Crippen LogP contribution >= 0.6 is 0 Å². The van der Waals surface area contributed by atoms with E-state index in [1.54, 1.807) is 7.11 Å². The predicted octanol–water partition coefficient (Wildman–Crippen LogP) is 2.53. The van der Waals surface area contributed by atoms with Crippen molar-refractivity contribution in [3.8, 4) is 0 Å². The van der Waals surface area contributed by atoms with Crippen molar-refractivity contribution < 1.29 is 4.74 Å². The molecule has 1 saturated carbocycles. The SMILES string of the molecule is COCCN(c1ncc(CC(C)N)cc1C)C(C)C1CC1. The van der Waals surface area contributed by atoms with E-state index in [-0.39, 0.29) is 6.04 Å². The van der Waals surface area contributed by atoms with Crippen molar-refractivity contribution in [1.82, 2.24) is 4.98 Å². The van der Waals surface area contributed by atoms with E-state index in [0.29, 0.717) is 6.04 Å². The first-order valence-electron chi connectivity index (χ1n) is 7.99. The van der Waals surface area contributed by atoms with Gasteiger partial charge in [0.05, 0.1) is 6.61 Å². The third-order valence-electron chi connectivity index (χ3n) is 4.27. The van der Waals surface area contributed by atoms with Crippen LogP contribution in [0.5, 0.6) is 0 Å². The molecule has 1 heterocycles. The van der Waals surface area contributed by atoms with Gasteiger partial charge in [0, 0.05) is 31.9 Å². The van der Waals surface area contributed by atoms with Crippen molar-refractivity contribution in [3.63, 3.8) is 0 Å². The van der Waals surface area contributed by atoms with E-state index in [0.717, 1.165) is 31.3 Å². The van der Waals surface area contributed by atoms with E-state index in [1.807, 2.05) is 13.1 Å². The Morgan fingerprint density at radius 1 is 1.43 bits per heavy atom. The molecule has 21 heavy (non-hydrogen) atoms. The van der Waals surface area contributed by atoms with Gasteiger partial charge in [0.25, 0.3) is 0 Å². The lowest BCUT2D eigenvalue weighted by molar-refractivity contribution is 0.202. The molecule has 1 aromatic heterocycles. The lowest BCUT2D eigenvalue weighted by atomic mass is 10.1. The maximum atomic E-state index is 5.88. The van der Waals surface area contributed by atoms with E-state index in [2.05, 4.69) is 24.8 Å². The average molecular weight is 291 g/mol. The molecule has 2 N–H and O–H groups in total. The second kappa shape index (κ2) is 7.23. The van der Waals surface area contributed by atoms with Gasteiger partial charge >= 0.3 is 0 Å². The van der Waals surface area contributed by atoms with Crippen LogP contribution in [0, 0.1) is 12.8 Å². The van der Waals surface area contributed by atoms with E-state index in [1.165, 1.54) is 24.0 Å². The molecular weight excluding hydrogens is 262 g/mol. The molecule has 2 unspecified atom stereocenters. The van der Waals surface area contributed by atoms with Gasteiger partial charge in [0.2, 0.25) is 0 Å². The quantitative estimate of drug-likeness (QED) is 0.799. The number of rotatable bonds is 8. The first-order valence-corrected chi connectivity index (χ1v) is 7.99. The van der Waals surface area contributed by atoms with Crippen molar-refractivity contribution in [2.24, 2.45) is 11.7 Å². The number of ether oxygens (including phenoxy) is 1. The van der Waals surface area contributed by atoms with Crippen LogP contribution in [0.3, 0.4) is 0 Å². The summed E-state index contributed by atoms with van der Waals surface area (Å²) >= 11 is 0. The number of aryl methyl sites for hydroxylation is 1. The van der Waals surface area contributed by atoms with Crippen molar-refractivity contribution in [2.75, 3.05) is 25.2 Å². The van der Waals surface area contributed by atoms with Crippen LogP contribution in [-0.2, 0) is 11.2 Å². The summed E-state index contributed by atoms with van der Waals surface area (Å²) in [6.45, 7) is 8.12. The van der Waals surface area contributed by atoms with Crippen LogP contribution in [-0.4, -0.2) is 37.3 Å². The van der Waals surface area contributed by atoms with Crippen LogP contribution in [0.4, 0.5) is 5.82 Å². The van der Waals surface area contributed by atoms with E-state index in [4.69, 9.17) is 15.5 Å². The minimum absolute atomic E-state index is 0.173. The molecule has 1 aliphatic rings. The first-order chi connectivity index (χ1) is 10.0. The molecule has 0 saturated heterocycles. The second-order valence-corrected chi connectivity index (χ2v) is 6.43. The van der Waals surface area contributed by atoms with Gasteiger partial charge in [0.1, 0.15) is 5.82 Å². The maximum absolute atomic E-state index is 5.88. The first kappa shape index (κ1) is 16.2. The Bertz CT molecular complexity index is 457. The number of hydrogen-bond donors (Lipinski definition) is 1. The standard InChI is InChI=1S/C17H29N3O/c1-12-9-15(10-13(2)18)11-19-17(12)20(7-8-21-4)14(3)16-5-6-16/h9,11,13-14,16H,5-8,10,18H2,1-4H3. The molecule has 0 radical (unpaired) electrons. The molecule has 0 aliphatic heterocycles. The molecular formula is C17H29N3O. The fourth-order valence-corrected chi connectivity index (χ4v) is 2.94. The number of pyridine rings is 1. The molecule has 4 heteroatoms. The number of hydrogen-bond acceptors (Lipinski definition) is 4. The topological polar surface area (TPSA) is 51.4 Å². The Labute approximate surface area is 128 Å². The molecule has 1 fully saturated rings. The molecule has 0 aromatic carbocycles. The van der Waals surface area contributed by atoms with Gasteiger partial charge in [-0.2, -0.15) is 0 Å². The highest BCUT2D eigenvalue weighted by Gasteiger charge is 2.33. The van der Waals surface area contributed by atoms with E-state index in [9.17, 15) is 0 Å². The van der Waals surface area contributed by atoms with Crippen LogP contribution in [0.25, 0.3) is 0 Å². The largest absolute Gasteiger partial charge is 0.383 e. The molecule has 0 bridgehead atoms. The Morgan fingerprint density at radius 2 is 2.14 bits per heavy atom. The Hall–Kier alpha value is -1.13. The van der Waals surface area contributed by atoms with Gasteiger partial charge in [0.15, 0.2) is 0 Å². The summed E-state index contributed by atoms with van der Waals surface area (Å²) in [6.07, 6.45) is 5.54. The van der Waals surface area contributed by atoms with Gasteiger partial charge in [-0.25, -0.2) is 4.98 Å². The molecule has 2 rings (SSSR count). The molecule has 4 nitrogen and oxygen atoms in total. The third-order valence-corrected chi connectivity index (χ3v) is 4.27. The van der Waals surface area contributed by atoms with E-state index >= 15 is 0 Å². The Balaban J connectivity index is 2.17. The monoisotopic (exact) mass is 291 g/mol. The fourth-order valence-electron chi connectivity index (χ4n) is 2.94. The van der Waals surface area contributed by atoms with Crippen molar-refractivity contribution in [3.05, 3.63) is 23.4 Å². The van der Waals surface area contributed by atoms with E-state index < -0.39 is 0 Å². The third kappa shape index (κ3) is 4.42. The van der Waals surface area contributed by atoms with Gasteiger partial charge in [-0.1, -0.05) is 6.07 Å². The highest BCUT2D eigenvalue weighted by atomic mass is 16.5. The summed E-state index contributed by atoms with van der Waals surface area (Å²) in [5.41, 5.74) is 8.33. The van der Waals surface area contributed by atoms with Crippen LogP contribution in [0.15, 0.2) is 12.3 Å². The average Bonchev–Trinajstić information content (AvgIpc) is 3.24. The molecule has 1 aromatic rings. The molecule has 118 valence electrons. The van der Waals surface area contributed by atoms with Crippen LogP contribution in [0.2, 0.25) is 0 Å². The zero-order valence-corrected chi connectivity index (χ0v) is 13.8. The molecule has 0 spiro atoms. The highest BCUT2D eigenvalue weighted by Crippen LogP contribution is 2.37. The van der Waals surface area contributed by atoms with Crippen LogP contribution in [0.1, 0.15) is 37.8 Å². The molecule has 0 amide bonds. The minimum atomic E-state index is 0.173. The van der Waals surface area contributed by atoms with Crippen molar-refractivity contribution >= 4 is 5.82 Å². The smallest absolute Gasteiger partial charge is 0.131 e. The number of anilines is 1. The number of aromatic nitrogens is 1. The summed E-state index contributed by atoms with van der Waals surface area (Å²) < 4.78 is 5.27.